The normalized spacial score (nSPS) is 19.4. The third-order valence-corrected chi connectivity index (χ3v) is 2.43. The third-order valence-electron chi connectivity index (χ3n) is 2.43. The van der Waals surface area contributed by atoms with Gasteiger partial charge in [-0.1, -0.05) is 30.8 Å². The van der Waals surface area contributed by atoms with E-state index in [0.29, 0.717) is 5.92 Å². The minimum absolute atomic E-state index is 0.344. The molecule has 1 N–H and O–H groups in total. The lowest BCUT2D eigenvalue weighted by molar-refractivity contribution is -0.142. The van der Waals surface area contributed by atoms with Crippen molar-refractivity contribution in [1.82, 2.24) is 0 Å². The summed E-state index contributed by atoms with van der Waals surface area (Å²) >= 11 is 0. The van der Waals surface area contributed by atoms with Gasteiger partial charge in [0.2, 0.25) is 6.61 Å². The van der Waals surface area contributed by atoms with E-state index in [1.807, 2.05) is 0 Å². The van der Waals surface area contributed by atoms with Crippen molar-refractivity contribution in [2.75, 3.05) is 6.61 Å². The second-order valence-electron chi connectivity index (χ2n) is 3.67. The van der Waals surface area contributed by atoms with Gasteiger partial charge in [0.25, 0.3) is 0 Å². The Hall–Kier alpha value is -1.06. The fourth-order valence-electron chi connectivity index (χ4n) is 1.68. The van der Waals surface area contributed by atoms with Crippen molar-refractivity contribution in [1.29, 1.82) is 0 Å². The first-order chi connectivity index (χ1) is 6.79. The van der Waals surface area contributed by atoms with Crippen LogP contribution in [0.3, 0.4) is 0 Å². The topological polar surface area (TPSA) is 58.9 Å². The van der Waals surface area contributed by atoms with Crippen LogP contribution in [0, 0.1) is 5.92 Å². The molecular weight excluding hydrogens is 182 g/mol. The van der Waals surface area contributed by atoms with Gasteiger partial charge in [-0.05, 0) is 18.8 Å². The van der Waals surface area contributed by atoms with E-state index >= 15 is 0 Å². The highest BCUT2D eigenvalue weighted by atomic mass is 16.6. The summed E-state index contributed by atoms with van der Waals surface area (Å²) in [5.74, 6) is -0.505. The Labute approximate surface area is 83.9 Å². The Morgan fingerprint density at radius 1 is 1.36 bits per heavy atom. The second kappa shape index (κ2) is 6.40. The Bertz CT molecular complexity index is 196. The summed E-state index contributed by atoms with van der Waals surface area (Å²) in [6.07, 6.45) is 9.17. The summed E-state index contributed by atoms with van der Waals surface area (Å²) in [6, 6.07) is 0. The highest BCUT2D eigenvalue weighted by Crippen LogP contribution is 2.21. The van der Waals surface area contributed by atoms with Crippen LogP contribution in [0.15, 0.2) is 5.16 Å². The molecule has 0 aliphatic heterocycles. The van der Waals surface area contributed by atoms with Gasteiger partial charge in [-0.2, -0.15) is 0 Å². The minimum atomic E-state index is -0.983. The smallest absolute Gasteiger partial charge is 0.344 e. The van der Waals surface area contributed by atoms with Crippen molar-refractivity contribution in [3.05, 3.63) is 0 Å². The van der Waals surface area contributed by atoms with E-state index in [9.17, 15) is 4.79 Å². The van der Waals surface area contributed by atoms with Crippen molar-refractivity contribution in [2.24, 2.45) is 11.1 Å². The molecule has 14 heavy (non-hydrogen) atoms. The Balaban J connectivity index is 2.17. The molecule has 4 nitrogen and oxygen atoms in total. The number of oxime groups is 1. The van der Waals surface area contributed by atoms with Crippen LogP contribution in [-0.2, 0) is 9.63 Å². The molecule has 0 bridgehead atoms. The molecule has 0 saturated heterocycles. The van der Waals surface area contributed by atoms with Crippen LogP contribution in [0.4, 0.5) is 0 Å². The fourth-order valence-corrected chi connectivity index (χ4v) is 1.68. The molecule has 0 atom stereocenters. The maximum absolute atomic E-state index is 10.1. The molecule has 0 radical (unpaired) electrons. The average molecular weight is 199 g/mol. The molecule has 0 aromatic heterocycles. The fraction of sp³-hybridized carbons (Fsp3) is 0.800. The van der Waals surface area contributed by atoms with E-state index < -0.39 is 5.97 Å². The molecule has 1 saturated carbocycles. The molecular formula is C10H17NO3. The molecule has 1 fully saturated rings. The molecule has 4 heteroatoms. The first-order valence-corrected chi connectivity index (χ1v) is 5.16. The lowest BCUT2D eigenvalue weighted by Gasteiger charge is -2.05. The zero-order valence-electron chi connectivity index (χ0n) is 8.32. The van der Waals surface area contributed by atoms with Crippen LogP contribution in [0.25, 0.3) is 0 Å². The SMILES string of the molecule is O=C(O)CON=CC1CCCCCC1. The summed E-state index contributed by atoms with van der Waals surface area (Å²) in [6.45, 7) is -0.344. The minimum Gasteiger partial charge on any atom is -0.479 e. The van der Waals surface area contributed by atoms with Gasteiger partial charge in [-0.3, -0.25) is 0 Å². The van der Waals surface area contributed by atoms with Gasteiger partial charge in [-0.25, -0.2) is 4.79 Å². The van der Waals surface area contributed by atoms with Gasteiger partial charge in [0.05, 0.1) is 0 Å². The van der Waals surface area contributed by atoms with Crippen molar-refractivity contribution >= 4 is 12.2 Å². The summed E-state index contributed by atoms with van der Waals surface area (Å²) in [4.78, 5) is 14.7. The average Bonchev–Trinajstić information content (AvgIpc) is 2.40. The van der Waals surface area contributed by atoms with Crippen LogP contribution in [-0.4, -0.2) is 23.9 Å². The Morgan fingerprint density at radius 2 is 2.00 bits per heavy atom. The lowest BCUT2D eigenvalue weighted by atomic mass is 10.0. The lowest BCUT2D eigenvalue weighted by Crippen LogP contribution is -2.05. The summed E-state index contributed by atoms with van der Waals surface area (Å²) in [5, 5.41) is 12.0. The van der Waals surface area contributed by atoms with Crippen LogP contribution < -0.4 is 0 Å². The van der Waals surface area contributed by atoms with Gasteiger partial charge in [0.15, 0.2) is 0 Å². The zero-order chi connectivity index (χ0) is 10.2. The molecule has 0 aromatic rings. The first-order valence-electron chi connectivity index (χ1n) is 5.16. The van der Waals surface area contributed by atoms with Crippen LogP contribution in [0.1, 0.15) is 38.5 Å². The van der Waals surface area contributed by atoms with Crippen LogP contribution in [0.2, 0.25) is 0 Å². The molecule has 0 spiro atoms. The van der Waals surface area contributed by atoms with Crippen LogP contribution in [0.5, 0.6) is 0 Å². The number of carboxylic acid groups (broad SMARTS) is 1. The molecule has 0 unspecified atom stereocenters. The monoisotopic (exact) mass is 199 g/mol. The highest BCUT2D eigenvalue weighted by molar-refractivity contribution is 5.68. The summed E-state index contributed by atoms with van der Waals surface area (Å²) < 4.78 is 0. The second-order valence-corrected chi connectivity index (χ2v) is 3.67. The van der Waals surface area contributed by atoms with E-state index in [2.05, 4.69) is 9.99 Å². The largest absolute Gasteiger partial charge is 0.479 e. The standard InChI is InChI=1S/C10H17NO3/c12-10(13)8-14-11-7-9-5-3-1-2-4-6-9/h7,9H,1-6,8H2,(H,12,13). The van der Waals surface area contributed by atoms with Gasteiger partial charge in [0, 0.05) is 6.21 Å². The number of aliphatic carboxylic acids is 1. The van der Waals surface area contributed by atoms with Gasteiger partial charge < -0.3 is 9.94 Å². The van der Waals surface area contributed by atoms with Crippen molar-refractivity contribution in [2.45, 2.75) is 38.5 Å². The molecule has 0 heterocycles. The third kappa shape index (κ3) is 4.84. The number of carbonyl (C=O) groups is 1. The van der Waals surface area contributed by atoms with Crippen molar-refractivity contribution in [3.8, 4) is 0 Å². The van der Waals surface area contributed by atoms with Crippen molar-refractivity contribution in [3.63, 3.8) is 0 Å². The summed E-state index contributed by atoms with van der Waals surface area (Å²) in [7, 11) is 0. The zero-order valence-corrected chi connectivity index (χ0v) is 8.32. The predicted molar refractivity (Wildman–Crippen MR) is 53.3 cm³/mol. The van der Waals surface area contributed by atoms with Gasteiger partial charge in [0.1, 0.15) is 0 Å². The number of hydrogen-bond acceptors (Lipinski definition) is 3. The molecule has 1 aliphatic rings. The van der Waals surface area contributed by atoms with E-state index in [1.54, 1.807) is 6.21 Å². The maximum atomic E-state index is 10.1. The number of hydrogen-bond donors (Lipinski definition) is 1. The van der Waals surface area contributed by atoms with E-state index in [1.165, 1.54) is 25.7 Å². The van der Waals surface area contributed by atoms with Gasteiger partial charge >= 0.3 is 5.97 Å². The van der Waals surface area contributed by atoms with Crippen LogP contribution >= 0.6 is 0 Å². The molecule has 0 amide bonds. The van der Waals surface area contributed by atoms with E-state index in [0.717, 1.165) is 12.8 Å². The number of nitrogens with zero attached hydrogens (tertiary/aromatic N) is 1. The molecule has 1 aliphatic carbocycles. The molecule has 80 valence electrons. The number of carboxylic acids is 1. The number of rotatable bonds is 4. The first kappa shape index (κ1) is 11.0. The maximum Gasteiger partial charge on any atom is 0.344 e. The molecule has 0 aromatic carbocycles. The highest BCUT2D eigenvalue weighted by Gasteiger charge is 2.09. The van der Waals surface area contributed by atoms with E-state index in [-0.39, 0.29) is 6.61 Å². The van der Waals surface area contributed by atoms with Gasteiger partial charge in [-0.15, -0.1) is 0 Å². The quantitative estimate of drug-likeness (QED) is 0.428. The van der Waals surface area contributed by atoms with E-state index in [4.69, 9.17) is 5.11 Å². The predicted octanol–water partition coefficient (Wildman–Crippen LogP) is 2.04. The Morgan fingerprint density at radius 3 is 2.57 bits per heavy atom. The summed E-state index contributed by atoms with van der Waals surface area (Å²) in [5.41, 5.74) is 0. The Kier molecular flexibility index (Phi) is 5.04. The molecule has 1 rings (SSSR count). The van der Waals surface area contributed by atoms with Crippen molar-refractivity contribution < 1.29 is 14.7 Å².